The summed E-state index contributed by atoms with van der Waals surface area (Å²) in [4.78, 5) is 29.5. The van der Waals surface area contributed by atoms with Crippen LogP contribution in [-0.4, -0.2) is 33.0 Å². The van der Waals surface area contributed by atoms with Gasteiger partial charge in [0.15, 0.2) is 0 Å². The molecule has 0 spiro atoms. The maximum absolute atomic E-state index is 11.5. The van der Waals surface area contributed by atoms with Gasteiger partial charge in [-0.2, -0.15) is 0 Å². The number of aliphatic carboxylic acids is 1. The highest BCUT2D eigenvalue weighted by molar-refractivity contribution is 5.96. The summed E-state index contributed by atoms with van der Waals surface area (Å²) in [7, 11) is 0. The molecule has 6 heteroatoms. The second kappa shape index (κ2) is 5.46. The Morgan fingerprint density at radius 2 is 2.12 bits per heavy atom. The lowest BCUT2D eigenvalue weighted by molar-refractivity contribution is -0.139. The fraction of sp³-hybridized carbons (Fsp3) is 0.200. The van der Waals surface area contributed by atoms with Gasteiger partial charge in [-0.25, -0.2) is 14.8 Å². The van der Waals surface area contributed by atoms with E-state index >= 15 is 0 Å². The number of hydrogen-bond acceptors (Lipinski definition) is 4. The molecule has 0 bridgehead atoms. The van der Waals surface area contributed by atoms with Crippen LogP contribution in [0, 0.1) is 12.3 Å². The molecule has 1 heterocycles. The monoisotopic (exact) mass is 219 g/mol. The number of carbonyl (C=O) groups excluding carboxylic acids is 1. The van der Waals surface area contributed by atoms with E-state index in [1.54, 1.807) is 0 Å². The van der Waals surface area contributed by atoms with Crippen LogP contribution >= 0.6 is 0 Å². The molecule has 16 heavy (non-hydrogen) atoms. The summed E-state index contributed by atoms with van der Waals surface area (Å²) in [6, 6.07) is -1.10. The fourth-order valence-electron chi connectivity index (χ4n) is 0.976. The summed E-state index contributed by atoms with van der Waals surface area (Å²) >= 11 is 0. The zero-order valence-electron chi connectivity index (χ0n) is 8.25. The van der Waals surface area contributed by atoms with Gasteiger partial charge in [0.1, 0.15) is 12.4 Å². The first-order chi connectivity index (χ1) is 7.65. The summed E-state index contributed by atoms with van der Waals surface area (Å²) in [6.07, 6.45) is 8.77. The van der Waals surface area contributed by atoms with Gasteiger partial charge in [0.25, 0.3) is 5.91 Å². The van der Waals surface area contributed by atoms with Crippen LogP contribution in [-0.2, 0) is 4.79 Å². The van der Waals surface area contributed by atoms with Crippen LogP contribution in [0.25, 0.3) is 0 Å². The molecule has 0 aliphatic carbocycles. The van der Waals surface area contributed by atoms with E-state index in [9.17, 15) is 9.59 Å². The van der Waals surface area contributed by atoms with E-state index in [2.05, 4.69) is 21.2 Å². The predicted molar refractivity (Wildman–Crippen MR) is 54.4 cm³/mol. The minimum absolute atomic E-state index is 0.0746. The maximum Gasteiger partial charge on any atom is 0.327 e. The third-order valence-electron chi connectivity index (χ3n) is 1.75. The molecule has 82 valence electrons. The molecule has 0 aliphatic heterocycles. The number of carboxylic acid groups (broad SMARTS) is 1. The SMILES string of the molecule is C#CCC(NC(=O)c1cncnc1)C(=O)O. The minimum atomic E-state index is -1.18. The molecule has 1 unspecified atom stereocenters. The van der Waals surface area contributed by atoms with E-state index in [4.69, 9.17) is 11.5 Å². The van der Waals surface area contributed by atoms with Gasteiger partial charge >= 0.3 is 5.97 Å². The largest absolute Gasteiger partial charge is 0.480 e. The first kappa shape index (κ1) is 11.7. The predicted octanol–water partition coefficient (Wildman–Crippen LogP) is -0.317. The molecule has 1 aromatic heterocycles. The number of carbonyl (C=O) groups is 2. The highest BCUT2D eigenvalue weighted by Crippen LogP contribution is 1.97. The Bertz CT molecular complexity index is 425. The Labute approximate surface area is 91.7 Å². The quantitative estimate of drug-likeness (QED) is 0.677. The molecule has 0 fully saturated rings. The van der Waals surface area contributed by atoms with E-state index < -0.39 is 17.9 Å². The third kappa shape index (κ3) is 3.06. The number of amides is 1. The van der Waals surface area contributed by atoms with Crippen molar-refractivity contribution in [2.45, 2.75) is 12.5 Å². The molecule has 0 saturated heterocycles. The summed E-state index contributed by atoms with van der Waals surface area (Å²) in [5.74, 6) is 0.435. The van der Waals surface area contributed by atoms with Crippen LogP contribution in [0.2, 0.25) is 0 Å². The highest BCUT2D eigenvalue weighted by atomic mass is 16.4. The van der Waals surface area contributed by atoms with E-state index in [0.29, 0.717) is 0 Å². The fourth-order valence-corrected chi connectivity index (χ4v) is 0.976. The number of nitrogens with one attached hydrogen (secondary N) is 1. The average molecular weight is 219 g/mol. The second-order valence-electron chi connectivity index (χ2n) is 2.90. The average Bonchev–Trinajstić information content (AvgIpc) is 2.29. The molecule has 1 amide bonds. The number of hydrogen-bond donors (Lipinski definition) is 2. The standard InChI is InChI=1S/C10H9N3O3/c1-2-3-8(10(15)16)13-9(14)7-4-11-6-12-5-7/h1,4-6,8H,3H2,(H,13,14)(H,15,16). The molecule has 1 atom stereocenters. The topological polar surface area (TPSA) is 92.2 Å². The number of carboxylic acids is 1. The van der Waals surface area contributed by atoms with Crippen molar-refractivity contribution in [1.82, 2.24) is 15.3 Å². The van der Waals surface area contributed by atoms with Crippen molar-refractivity contribution >= 4 is 11.9 Å². The molecule has 0 radical (unpaired) electrons. The molecule has 6 nitrogen and oxygen atoms in total. The van der Waals surface area contributed by atoms with Crippen LogP contribution < -0.4 is 5.32 Å². The van der Waals surface area contributed by atoms with Crippen molar-refractivity contribution in [2.24, 2.45) is 0 Å². The van der Waals surface area contributed by atoms with Gasteiger partial charge < -0.3 is 10.4 Å². The van der Waals surface area contributed by atoms with Crippen LogP contribution in [0.5, 0.6) is 0 Å². The number of aromatic nitrogens is 2. The van der Waals surface area contributed by atoms with Gasteiger partial charge in [0, 0.05) is 18.8 Å². The maximum atomic E-state index is 11.5. The molecule has 0 aliphatic rings. The van der Waals surface area contributed by atoms with E-state index in [0.717, 1.165) is 0 Å². The summed E-state index contributed by atoms with van der Waals surface area (Å²) in [5.41, 5.74) is 0.186. The molecular weight excluding hydrogens is 210 g/mol. The van der Waals surface area contributed by atoms with Crippen LogP contribution in [0.1, 0.15) is 16.8 Å². The van der Waals surface area contributed by atoms with Gasteiger partial charge in [-0.05, 0) is 0 Å². The zero-order valence-corrected chi connectivity index (χ0v) is 8.25. The van der Waals surface area contributed by atoms with Crippen molar-refractivity contribution in [3.63, 3.8) is 0 Å². The third-order valence-corrected chi connectivity index (χ3v) is 1.75. The first-order valence-electron chi connectivity index (χ1n) is 4.37. The molecule has 0 aromatic carbocycles. The van der Waals surface area contributed by atoms with E-state index in [1.165, 1.54) is 18.7 Å². The van der Waals surface area contributed by atoms with Gasteiger partial charge in [-0.1, -0.05) is 0 Å². The van der Waals surface area contributed by atoms with Crippen molar-refractivity contribution in [3.05, 3.63) is 24.3 Å². The summed E-state index contributed by atoms with van der Waals surface area (Å²) in [6.45, 7) is 0. The molecule has 1 rings (SSSR count). The lowest BCUT2D eigenvalue weighted by atomic mass is 10.2. The van der Waals surface area contributed by atoms with E-state index in [-0.39, 0.29) is 12.0 Å². The zero-order chi connectivity index (χ0) is 12.0. The van der Waals surface area contributed by atoms with Gasteiger partial charge in [0.05, 0.1) is 5.56 Å². The van der Waals surface area contributed by atoms with E-state index in [1.807, 2.05) is 0 Å². The molecule has 2 N–H and O–H groups in total. The normalized spacial score (nSPS) is 11.2. The van der Waals surface area contributed by atoms with Crippen molar-refractivity contribution < 1.29 is 14.7 Å². The van der Waals surface area contributed by atoms with Crippen LogP contribution in [0.3, 0.4) is 0 Å². The molecule has 1 aromatic rings. The Hall–Kier alpha value is -2.42. The first-order valence-corrected chi connectivity index (χ1v) is 4.37. The van der Waals surface area contributed by atoms with Gasteiger partial charge in [-0.15, -0.1) is 12.3 Å². The number of nitrogens with zero attached hydrogens (tertiary/aromatic N) is 2. The van der Waals surface area contributed by atoms with Gasteiger partial charge in [-0.3, -0.25) is 4.79 Å². The number of terminal acetylenes is 1. The second-order valence-corrected chi connectivity index (χ2v) is 2.90. The van der Waals surface area contributed by atoms with Crippen LogP contribution in [0.15, 0.2) is 18.7 Å². The Morgan fingerprint density at radius 1 is 1.50 bits per heavy atom. The summed E-state index contributed by atoms with van der Waals surface area (Å²) < 4.78 is 0. The van der Waals surface area contributed by atoms with Crippen LogP contribution in [0.4, 0.5) is 0 Å². The van der Waals surface area contributed by atoms with Crippen molar-refractivity contribution in [3.8, 4) is 12.3 Å². The highest BCUT2D eigenvalue weighted by Gasteiger charge is 2.19. The molecule has 0 saturated carbocycles. The number of rotatable bonds is 4. The Balaban J connectivity index is 2.70. The summed E-state index contributed by atoms with van der Waals surface area (Å²) in [5, 5.41) is 11.0. The Morgan fingerprint density at radius 3 is 2.62 bits per heavy atom. The Kier molecular flexibility index (Phi) is 3.98. The molecular formula is C10H9N3O3. The minimum Gasteiger partial charge on any atom is -0.480 e. The van der Waals surface area contributed by atoms with Crippen molar-refractivity contribution in [2.75, 3.05) is 0 Å². The lowest BCUT2D eigenvalue weighted by Gasteiger charge is -2.10. The smallest absolute Gasteiger partial charge is 0.327 e. The van der Waals surface area contributed by atoms with Crippen molar-refractivity contribution in [1.29, 1.82) is 0 Å². The lowest BCUT2D eigenvalue weighted by Crippen LogP contribution is -2.40. The van der Waals surface area contributed by atoms with Gasteiger partial charge in [0.2, 0.25) is 0 Å².